The van der Waals surface area contributed by atoms with Gasteiger partial charge in [-0.15, -0.1) is 0 Å². The van der Waals surface area contributed by atoms with Crippen molar-refractivity contribution in [2.45, 2.75) is 25.9 Å². The Morgan fingerprint density at radius 2 is 1.96 bits per heavy atom. The number of carbonyl (C=O) groups is 1. The number of amides is 1. The highest BCUT2D eigenvalue weighted by Gasteiger charge is 2.26. The number of para-hydroxylation sites is 1. The Morgan fingerprint density at radius 1 is 1.15 bits per heavy atom. The molecular formula is C23H22N2O2. The number of pyridine rings is 1. The van der Waals surface area contributed by atoms with Gasteiger partial charge >= 0.3 is 0 Å². The minimum Gasteiger partial charge on any atom is -0.487 e. The van der Waals surface area contributed by atoms with Crippen LogP contribution in [-0.4, -0.2) is 23.5 Å². The number of fused-ring (bicyclic) bond motifs is 1. The molecule has 27 heavy (non-hydrogen) atoms. The number of rotatable bonds is 5. The van der Waals surface area contributed by atoms with E-state index >= 15 is 0 Å². The van der Waals surface area contributed by atoms with Crippen LogP contribution in [0.15, 0.2) is 67.0 Å². The fraction of sp³-hybridized carbons (Fsp3) is 0.217. The van der Waals surface area contributed by atoms with E-state index in [-0.39, 0.29) is 12.0 Å². The minimum absolute atomic E-state index is 0.0227. The number of ether oxygens (including phenoxy) is 1. The van der Waals surface area contributed by atoms with E-state index in [9.17, 15) is 4.79 Å². The zero-order valence-corrected chi connectivity index (χ0v) is 15.3. The Balaban J connectivity index is 1.38. The lowest BCUT2D eigenvalue weighted by molar-refractivity contribution is -0.120. The first kappa shape index (κ1) is 17.3. The summed E-state index contributed by atoms with van der Waals surface area (Å²) in [6.45, 7) is 2.54. The van der Waals surface area contributed by atoms with E-state index in [1.54, 1.807) is 12.4 Å². The van der Waals surface area contributed by atoms with Crippen LogP contribution in [-0.2, 0) is 17.6 Å². The quantitative estimate of drug-likeness (QED) is 0.756. The first-order valence-corrected chi connectivity index (χ1v) is 9.20. The van der Waals surface area contributed by atoms with E-state index in [4.69, 9.17) is 4.74 Å². The molecule has 3 aromatic rings. The molecule has 0 radical (unpaired) electrons. The van der Waals surface area contributed by atoms with Crippen LogP contribution in [0.2, 0.25) is 0 Å². The van der Waals surface area contributed by atoms with Crippen LogP contribution >= 0.6 is 0 Å². The predicted octanol–water partition coefficient (Wildman–Crippen LogP) is 3.72. The number of carbonyl (C=O) groups excluding carboxylic acids is 1. The molecule has 1 aliphatic heterocycles. The topological polar surface area (TPSA) is 51.2 Å². The molecule has 0 spiro atoms. The highest BCUT2D eigenvalue weighted by Crippen LogP contribution is 2.38. The SMILES string of the molecule is Cc1cccc(CC(=O)NC[C@@H]2Cc3cccc(-c4ccncc4)c3O2)c1. The van der Waals surface area contributed by atoms with Gasteiger partial charge < -0.3 is 10.1 Å². The smallest absolute Gasteiger partial charge is 0.224 e. The molecule has 0 aliphatic carbocycles. The van der Waals surface area contributed by atoms with E-state index in [0.29, 0.717) is 13.0 Å². The molecule has 0 bridgehead atoms. The molecule has 136 valence electrons. The summed E-state index contributed by atoms with van der Waals surface area (Å²) in [6.07, 6.45) is 4.73. The van der Waals surface area contributed by atoms with Crippen LogP contribution in [0.1, 0.15) is 16.7 Å². The number of nitrogens with zero attached hydrogens (tertiary/aromatic N) is 1. The highest BCUT2D eigenvalue weighted by molar-refractivity contribution is 5.78. The summed E-state index contributed by atoms with van der Waals surface area (Å²) in [7, 11) is 0. The molecule has 4 heteroatoms. The number of aromatic nitrogens is 1. The normalized spacial score (nSPS) is 15.1. The summed E-state index contributed by atoms with van der Waals surface area (Å²) in [6, 6.07) is 18.2. The second kappa shape index (κ2) is 7.62. The van der Waals surface area contributed by atoms with Crippen LogP contribution in [0.3, 0.4) is 0 Å². The summed E-state index contributed by atoms with van der Waals surface area (Å²) in [5, 5.41) is 3.01. The van der Waals surface area contributed by atoms with Gasteiger partial charge in [-0.05, 0) is 35.7 Å². The maximum atomic E-state index is 12.3. The van der Waals surface area contributed by atoms with E-state index < -0.39 is 0 Å². The Morgan fingerprint density at radius 3 is 2.78 bits per heavy atom. The molecule has 4 nitrogen and oxygen atoms in total. The van der Waals surface area contributed by atoms with Crippen molar-refractivity contribution >= 4 is 5.91 Å². The van der Waals surface area contributed by atoms with Gasteiger partial charge in [0, 0.05) is 24.4 Å². The minimum atomic E-state index is -0.0375. The van der Waals surface area contributed by atoms with Gasteiger partial charge in [-0.3, -0.25) is 9.78 Å². The lowest BCUT2D eigenvalue weighted by atomic mass is 10.0. The summed E-state index contributed by atoms with van der Waals surface area (Å²) < 4.78 is 6.18. The summed E-state index contributed by atoms with van der Waals surface area (Å²) >= 11 is 0. The predicted molar refractivity (Wildman–Crippen MR) is 106 cm³/mol. The fourth-order valence-corrected chi connectivity index (χ4v) is 3.51. The van der Waals surface area contributed by atoms with Crippen molar-refractivity contribution in [2.24, 2.45) is 0 Å². The van der Waals surface area contributed by atoms with Crippen molar-refractivity contribution in [3.63, 3.8) is 0 Å². The van der Waals surface area contributed by atoms with E-state index in [1.165, 1.54) is 11.1 Å². The zero-order valence-electron chi connectivity index (χ0n) is 15.3. The number of benzene rings is 2. The van der Waals surface area contributed by atoms with Crippen molar-refractivity contribution in [3.05, 3.63) is 83.7 Å². The van der Waals surface area contributed by atoms with Crippen molar-refractivity contribution in [1.82, 2.24) is 10.3 Å². The van der Waals surface area contributed by atoms with Crippen molar-refractivity contribution < 1.29 is 9.53 Å². The molecule has 0 unspecified atom stereocenters. The third-order valence-corrected chi connectivity index (χ3v) is 4.79. The van der Waals surface area contributed by atoms with E-state index in [1.807, 2.05) is 43.3 Å². The second-order valence-electron chi connectivity index (χ2n) is 6.94. The maximum absolute atomic E-state index is 12.3. The van der Waals surface area contributed by atoms with Gasteiger partial charge in [-0.25, -0.2) is 0 Å². The molecule has 1 atom stereocenters. The average Bonchev–Trinajstić information content (AvgIpc) is 3.10. The van der Waals surface area contributed by atoms with Gasteiger partial charge in [0.25, 0.3) is 0 Å². The first-order valence-electron chi connectivity index (χ1n) is 9.20. The zero-order chi connectivity index (χ0) is 18.6. The lowest BCUT2D eigenvalue weighted by Crippen LogP contribution is -2.35. The van der Waals surface area contributed by atoms with Crippen LogP contribution in [0.5, 0.6) is 5.75 Å². The Labute approximate surface area is 159 Å². The number of nitrogens with one attached hydrogen (secondary N) is 1. The molecule has 2 heterocycles. The molecule has 4 rings (SSSR count). The third-order valence-electron chi connectivity index (χ3n) is 4.79. The number of hydrogen-bond acceptors (Lipinski definition) is 3. The molecule has 2 aromatic carbocycles. The summed E-state index contributed by atoms with van der Waals surface area (Å²) in [5.74, 6) is 0.941. The molecule has 1 amide bonds. The monoisotopic (exact) mass is 358 g/mol. The van der Waals surface area contributed by atoms with Crippen molar-refractivity contribution in [1.29, 1.82) is 0 Å². The van der Waals surface area contributed by atoms with Crippen LogP contribution in [0, 0.1) is 6.92 Å². The molecule has 0 saturated carbocycles. The summed E-state index contributed by atoms with van der Waals surface area (Å²) in [5.41, 5.74) is 5.54. The standard InChI is InChI=1S/C23H22N2O2/c1-16-4-2-5-17(12-16)13-22(26)25-15-20-14-19-6-3-7-21(23(19)27-20)18-8-10-24-11-9-18/h2-12,20H,13-15H2,1H3,(H,25,26)/t20-/m0/s1. The third kappa shape index (κ3) is 4.00. The Hall–Kier alpha value is -3.14. The number of hydrogen-bond donors (Lipinski definition) is 1. The van der Waals surface area contributed by atoms with Gasteiger partial charge in [-0.2, -0.15) is 0 Å². The fourth-order valence-electron chi connectivity index (χ4n) is 3.51. The van der Waals surface area contributed by atoms with Crippen LogP contribution in [0.25, 0.3) is 11.1 Å². The molecule has 1 N–H and O–H groups in total. The van der Waals surface area contributed by atoms with Crippen molar-refractivity contribution in [2.75, 3.05) is 6.54 Å². The molecule has 1 aliphatic rings. The van der Waals surface area contributed by atoms with E-state index in [0.717, 1.165) is 28.9 Å². The number of aryl methyl sites for hydroxylation is 1. The second-order valence-corrected chi connectivity index (χ2v) is 6.94. The van der Waals surface area contributed by atoms with Crippen LogP contribution in [0.4, 0.5) is 0 Å². The molecule has 0 saturated heterocycles. The first-order chi connectivity index (χ1) is 13.2. The average molecular weight is 358 g/mol. The highest BCUT2D eigenvalue weighted by atomic mass is 16.5. The van der Waals surface area contributed by atoms with E-state index in [2.05, 4.69) is 28.5 Å². The van der Waals surface area contributed by atoms with Gasteiger partial charge in [0.1, 0.15) is 11.9 Å². The Bertz CT molecular complexity index is 954. The van der Waals surface area contributed by atoms with Gasteiger partial charge in [0.15, 0.2) is 0 Å². The van der Waals surface area contributed by atoms with Gasteiger partial charge in [0.05, 0.1) is 13.0 Å². The van der Waals surface area contributed by atoms with Crippen molar-refractivity contribution in [3.8, 4) is 16.9 Å². The largest absolute Gasteiger partial charge is 0.487 e. The summed E-state index contributed by atoms with van der Waals surface area (Å²) in [4.78, 5) is 16.3. The van der Waals surface area contributed by atoms with Crippen LogP contribution < -0.4 is 10.1 Å². The molecule has 1 aromatic heterocycles. The van der Waals surface area contributed by atoms with Gasteiger partial charge in [0.2, 0.25) is 5.91 Å². The lowest BCUT2D eigenvalue weighted by Gasteiger charge is -2.14. The van der Waals surface area contributed by atoms with Gasteiger partial charge in [-0.1, -0.05) is 48.0 Å². The Kier molecular flexibility index (Phi) is 4.88. The molecule has 0 fully saturated rings. The molecular weight excluding hydrogens is 336 g/mol. The maximum Gasteiger partial charge on any atom is 0.224 e.